The van der Waals surface area contributed by atoms with Crippen molar-refractivity contribution in [1.29, 1.82) is 0 Å². The number of rotatable bonds is 8. The number of hydrogen-bond donors (Lipinski definition) is 0. The fraction of sp³-hybridized carbons (Fsp3) is 0.167. The van der Waals surface area contributed by atoms with E-state index in [1.54, 1.807) is 24.3 Å². The zero-order valence-corrected chi connectivity index (χ0v) is 22.1. The smallest absolute Gasteiger partial charge is 0.423 e. The van der Waals surface area contributed by atoms with Gasteiger partial charge in [-0.2, -0.15) is 8.78 Å². The van der Waals surface area contributed by atoms with Gasteiger partial charge in [-0.25, -0.2) is 35.9 Å². The van der Waals surface area contributed by atoms with Crippen LogP contribution in [0.5, 0.6) is 5.75 Å². The van der Waals surface area contributed by atoms with E-state index >= 15 is 8.78 Å². The van der Waals surface area contributed by atoms with Crippen LogP contribution >= 0.6 is 0 Å². The van der Waals surface area contributed by atoms with E-state index in [1.807, 2.05) is 6.92 Å². The van der Waals surface area contributed by atoms with Gasteiger partial charge in [-0.05, 0) is 52.9 Å². The zero-order valence-electron chi connectivity index (χ0n) is 22.1. The summed E-state index contributed by atoms with van der Waals surface area (Å²) in [4.78, 5) is 12.4. The molecule has 0 saturated heterocycles. The van der Waals surface area contributed by atoms with Gasteiger partial charge < -0.3 is 4.74 Å². The Kier molecular flexibility index (Phi) is 9.05. The van der Waals surface area contributed by atoms with Crippen LogP contribution in [0.3, 0.4) is 0 Å². The summed E-state index contributed by atoms with van der Waals surface area (Å²) in [5, 5.41) is 0. The number of carbonyl (C=O) groups excluding carboxylic acids is 1. The molecule has 0 amide bonds. The van der Waals surface area contributed by atoms with Crippen molar-refractivity contribution in [2.75, 3.05) is 0 Å². The van der Waals surface area contributed by atoms with Crippen molar-refractivity contribution in [2.24, 2.45) is 0 Å². The molecule has 0 aromatic heterocycles. The van der Waals surface area contributed by atoms with E-state index in [4.69, 9.17) is 0 Å². The van der Waals surface area contributed by atoms with Crippen LogP contribution in [0.2, 0.25) is 0 Å². The van der Waals surface area contributed by atoms with E-state index in [2.05, 4.69) is 9.47 Å². The molecule has 0 aliphatic carbocycles. The molecule has 0 aliphatic heterocycles. The summed E-state index contributed by atoms with van der Waals surface area (Å²) in [6.07, 6.45) is -9.85. The van der Waals surface area contributed by atoms with Gasteiger partial charge in [0.15, 0.2) is 0 Å². The number of hydrogen-bond acceptors (Lipinski definition) is 3. The zero-order chi connectivity index (χ0) is 32.6. The molecule has 0 N–H and O–H groups in total. The van der Waals surface area contributed by atoms with Gasteiger partial charge in [0, 0.05) is 12.1 Å². The van der Waals surface area contributed by atoms with E-state index in [0.717, 1.165) is 30.5 Å². The molecule has 232 valence electrons. The first-order valence-electron chi connectivity index (χ1n) is 12.4. The lowest BCUT2D eigenvalue weighted by Crippen LogP contribution is -2.29. The average Bonchev–Trinajstić information content (AvgIpc) is 2.86. The lowest BCUT2D eigenvalue weighted by Gasteiger charge is -2.20. The van der Waals surface area contributed by atoms with Crippen molar-refractivity contribution in [1.82, 2.24) is 0 Å². The molecule has 0 aliphatic rings. The quantitative estimate of drug-likeness (QED) is 0.110. The molecule has 0 atom stereocenters. The second-order valence-corrected chi connectivity index (χ2v) is 9.29. The molecular weight excluding hydrogens is 617 g/mol. The molecule has 0 saturated carbocycles. The Morgan fingerprint density at radius 3 is 1.64 bits per heavy atom. The second kappa shape index (κ2) is 12.3. The van der Waals surface area contributed by atoms with Crippen molar-refractivity contribution in [3.05, 3.63) is 112 Å². The number of halogens is 11. The van der Waals surface area contributed by atoms with Gasteiger partial charge in [0.25, 0.3) is 0 Å². The third-order valence-electron chi connectivity index (χ3n) is 6.16. The first kappa shape index (κ1) is 32.5. The Balaban J connectivity index is 1.61. The van der Waals surface area contributed by atoms with E-state index < -0.39 is 81.3 Å². The van der Waals surface area contributed by atoms with Crippen molar-refractivity contribution >= 4 is 5.97 Å². The molecule has 4 rings (SSSR count). The van der Waals surface area contributed by atoms with Crippen molar-refractivity contribution < 1.29 is 62.6 Å². The monoisotopic (exact) mass is 634 g/mol. The van der Waals surface area contributed by atoms with Crippen LogP contribution in [-0.2, 0) is 17.3 Å². The maximum Gasteiger partial charge on any atom is 0.527 e. The Bertz CT molecular complexity index is 1650. The first-order valence-corrected chi connectivity index (χ1v) is 12.4. The van der Waals surface area contributed by atoms with E-state index in [0.29, 0.717) is 17.7 Å². The van der Waals surface area contributed by atoms with Crippen molar-refractivity contribution in [2.45, 2.75) is 32.2 Å². The minimum absolute atomic E-state index is 0.126. The molecule has 44 heavy (non-hydrogen) atoms. The summed E-state index contributed by atoms with van der Waals surface area (Å²) in [5.41, 5.74) is -3.93. The number of esters is 1. The topological polar surface area (TPSA) is 35.5 Å². The number of ether oxygens (including phenoxy) is 2. The number of aryl methyl sites for hydroxylation is 1. The highest BCUT2D eigenvalue weighted by molar-refractivity contribution is 5.92. The maximum absolute atomic E-state index is 15.0. The number of alkyl halides is 5. The Hall–Kier alpha value is -4.46. The maximum atomic E-state index is 15.0. The molecule has 0 radical (unpaired) electrons. The molecule has 4 aromatic carbocycles. The van der Waals surface area contributed by atoms with Crippen LogP contribution < -0.4 is 4.74 Å². The summed E-state index contributed by atoms with van der Waals surface area (Å²) >= 11 is 0. The average molecular weight is 634 g/mol. The van der Waals surface area contributed by atoms with Crippen LogP contribution in [0, 0.1) is 34.9 Å². The lowest BCUT2D eigenvalue weighted by molar-refractivity contribution is -0.432. The highest BCUT2D eigenvalue weighted by Crippen LogP contribution is 2.40. The fourth-order valence-corrected chi connectivity index (χ4v) is 4.32. The van der Waals surface area contributed by atoms with Crippen LogP contribution in [0.25, 0.3) is 22.3 Å². The molecule has 0 bridgehead atoms. The summed E-state index contributed by atoms with van der Waals surface area (Å²) in [6.45, 7) is 1.98. The minimum Gasteiger partial charge on any atom is -0.423 e. The van der Waals surface area contributed by atoms with Gasteiger partial charge in [0.2, 0.25) is 0 Å². The van der Waals surface area contributed by atoms with Gasteiger partial charge in [-0.1, -0.05) is 37.6 Å². The second-order valence-electron chi connectivity index (χ2n) is 9.29. The van der Waals surface area contributed by atoms with E-state index in [9.17, 15) is 44.3 Å². The Labute approximate surface area is 241 Å². The SMILES string of the molecule is CCCc1ccc(-c2cc(F)c(-c3cc(F)c(C(=O)Oc4cc(F)c(C(F)(F)OC(F)(F)F)c(F)c4)c(F)c3)c(F)c2)cc1. The lowest BCUT2D eigenvalue weighted by atomic mass is 9.97. The molecule has 3 nitrogen and oxygen atoms in total. The molecule has 4 aromatic rings. The fourth-order valence-electron chi connectivity index (χ4n) is 4.32. The van der Waals surface area contributed by atoms with Gasteiger partial charge in [-0.15, -0.1) is 13.2 Å². The van der Waals surface area contributed by atoms with E-state index in [-0.39, 0.29) is 17.7 Å². The van der Waals surface area contributed by atoms with Crippen LogP contribution in [-0.4, -0.2) is 12.3 Å². The van der Waals surface area contributed by atoms with Crippen molar-refractivity contribution in [3.8, 4) is 28.0 Å². The predicted octanol–water partition coefficient (Wildman–Crippen LogP) is 9.61. The summed E-state index contributed by atoms with van der Waals surface area (Å²) in [5.74, 6) is -13.8. The van der Waals surface area contributed by atoms with Gasteiger partial charge >= 0.3 is 18.4 Å². The molecule has 14 heteroatoms. The molecule has 0 unspecified atom stereocenters. The highest BCUT2D eigenvalue weighted by Gasteiger charge is 2.49. The molecule has 0 heterocycles. The van der Waals surface area contributed by atoms with Gasteiger partial charge in [0.1, 0.15) is 51.8 Å². The van der Waals surface area contributed by atoms with Crippen LogP contribution in [0.4, 0.5) is 48.3 Å². The van der Waals surface area contributed by atoms with Gasteiger partial charge in [-0.3, -0.25) is 0 Å². The summed E-state index contributed by atoms with van der Waals surface area (Å²) < 4.78 is 159. The third kappa shape index (κ3) is 7.01. The Morgan fingerprint density at radius 1 is 0.659 bits per heavy atom. The number of carbonyl (C=O) groups is 1. The van der Waals surface area contributed by atoms with E-state index in [1.165, 1.54) is 0 Å². The predicted molar refractivity (Wildman–Crippen MR) is 133 cm³/mol. The van der Waals surface area contributed by atoms with Gasteiger partial charge in [0.05, 0.1) is 5.56 Å². The summed E-state index contributed by atoms with van der Waals surface area (Å²) in [7, 11) is 0. The van der Waals surface area contributed by atoms with Crippen LogP contribution in [0.15, 0.2) is 60.7 Å². The molecule has 0 fully saturated rings. The molecular formula is C30H17F11O3. The van der Waals surface area contributed by atoms with Crippen molar-refractivity contribution in [3.63, 3.8) is 0 Å². The largest absolute Gasteiger partial charge is 0.527 e. The minimum atomic E-state index is -6.00. The van der Waals surface area contributed by atoms with Crippen LogP contribution in [0.1, 0.15) is 34.8 Å². The standard InChI is InChI=1S/C30H17F11O3/c1-2-3-14-4-6-15(7-5-14)16-8-19(31)25(20(32)9-16)17-10-21(33)26(22(34)11-17)28(42)43-18-12-23(35)27(24(36)13-18)29(37,38)44-30(39,40)41/h4-13H,2-3H2,1H3. The first-order chi connectivity index (χ1) is 20.5. The summed E-state index contributed by atoms with van der Waals surface area (Å²) in [6, 6.07) is 9.15. The normalized spacial score (nSPS) is 12.0. The highest BCUT2D eigenvalue weighted by atomic mass is 19.4. The Morgan fingerprint density at radius 2 is 1.16 bits per heavy atom. The number of benzene rings is 4. The molecule has 0 spiro atoms. The third-order valence-corrected chi connectivity index (χ3v) is 6.16.